The van der Waals surface area contributed by atoms with E-state index in [0.29, 0.717) is 19.2 Å². The second kappa shape index (κ2) is 7.08. The van der Waals surface area contributed by atoms with Crippen LogP contribution in [-0.2, 0) is 11.3 Å². The average molecular weight is 252 g/mol. The van der Waals surface area contributed by atoms with Crippen LogP contribution in [0.25, 0.3) is 0 Å². The van der Waals surface area contributed by atoms with Gasteiger partial charge in [-0.1, -0.05) is 6.92 Å². The molecule has 100 valence electrons. The highest BCUT2D eigenvalue weighted by atomic mass is 16.5. The zero-order valence-electron chi connectivity index (χ0n) is 11.1. The molecule has 0 radical (unpaired) electrons. The molecule has 1 N–H and O–H groups in total. The van der Waals surface area contributed by atoms with E-state index in [0.717, 1.165) is 12.2 Å². The maximum absolute atomic E-state index is 10.7. The number of aromatic nitrogens is 1. The molecule has 0 saturated carbocycles. The summed E-state index contributed by atoms with van der Waals surface area (Å²) in [6, 6.07) is 3.64. The first-order valence-electron chi connectivity index (χ1n) is 5.99. The molecule has 0 aliphatic carbocycles. The molecular weight excluding hydrogens is 232 g/mol. The first-order chi connectivity index (χ1) is 8.58. The number of hydrogen-bond donors (Lipinski definition) is 1. The van der Waals surface area contributed by atoms with Crippen molar-refractivity contribution in [2.24, 2.45) is 0 Å². The lowest BCUT2D eigenvalue weighted by atomic mass is 10.2. The van der Waals surface area contributed by atoms with Crippen molar-refractivity contribution >= 4 is 5.97 Å². The highest BCUT2D eigenvalue weighted by molar-refractivity contribution is 5.87. The predicted molar refractivity (Wildman–Crippen MR) is 68.6 cm³/mol. The van der Waals surface area contributed by atoms with Gasteiger partial charge in [0.15, 0.2) is 0 Å². The van der Waals surface area contributed by atoms with Crippen LogP contribution in [0.5, 0.6) is 0 Å². The van der Waals surface area contributed by atoms with Gasteiger partial charge in [-0.15, -0.1) is 0 Å². The van der Waals surface area contributed by atoms with Gasteiger partial charge in [0, 0.05) is 25.9 Å². The zero-order chi connectivity index (χ0) is 13.5. The van der Waals surface area contributed by atoms with Gasteiger partial charge in [0.2, 0.25) is 0 Å². The van der Waals surface area contributed by atoms with Crippen LogP contribution in [0.3, 0.4) is 0 Å². The van der Waals surface area contributed by atoms with Crippen molar-refractivity contribution in [1.29, 1.82) is 0 Å². The number of nitrogens with zero attached hydrogens (tertiary/aromatic N) is 2. The number of rotatable bonds is 7. The largest absolute Gasteiger partial charge is 0.478 e. The zero-order valence-corrected chi connectivity index (χ0v) is 11.1. The first kappa shape index (κ1) is 14.6. The highest BCUT2D eigenvalue weighted by Crippen LogP contribution is 2.07. The lowest BCUT2D eigenvalue weighted by molar-refractivity contribution is 0.0696. The van der Waals surface area contributed by atoms with Crippen molar-refractivity contribution in [2.75, 3.05) is 20.3 Å². The summed E-state index contributed by atoms with van der Waals surface area (Å²) in [4.78, 5) is 17.1. The van der Waals surface area contributed by atoms with Crippen molar-refractivity contribution in [3.63, 3.8) is 0 Å². The van der Waals surface area contributed by atoms with Crippen LogP contribution in [0.15, 0.2) is 18.3 Å². The summed E-state index contributed by atoms with van der Waals surface area (Å²) in [5.74, 6) is -0.950. The molecule has 1 heterocycles. The van der Waals surface area contributed by atoms with Gasteiger partial charge in [0.1, 0.15) is 0 Å². The Hall–Kier alpha value is -1.46. The van der Waals surface area contributed by atoms with Crippen molar-refractivity contribution < 1.29 is 14.6 Å². The topological polar surface area (TPSA) is 62.7 Å². The Morgan fingerprint density at radius 2 is 2.28 bits per heavy atom. The van der Waals surface area contributed by atoms with Gasteiger partial charge in [0.05, 0.1) is 17.9 Å². The molecule has 0 aliphatic rings. The summed E-state index contributed by atoms with van der Waals surface area (Å²) in [6.45, 7) is 6.44. The Bertz CT molecular complexity index is 378. The third-order valence-electron chi connectivity index (χ3n) is 2.87. The van der Waals surface area contributed by atoms with E-state index >= 15 is 0 Å². The molecule has 18 heavy (non-hydrogen) atoms. The third kappa shape index (κ3) is 4.09. The van der Waals surface area contributed by atoms with Gasteiger partial charge in [0.25, 0.3) is 0 Å². The minimum atomic E-state index is -0.950. The molecule has 1 aromatic rings. The maximum Gasteiger partial charge on any atom is 0.337 e. The summed E-state index contributed by atoms with van der Waals surface area (Å²) in [5.41, 5.74) is 1.08. The average Bonchev–Trinajstić information content (AvgIpc) is 2.36. The molecule has 0 fully saturated rings. The van der Waals surface area contributed by atoms with Crippen molar-refractivity contribution in [2.45, 2.75) is 26.4 Å². The molecule has 1 rings (SSSR count). The van der Waals surface area contributed by atoms with Crippen LogP contribution in [0.2, 0.25) is 0 Å². The van der Waals surface area contributed by atoms with Crippen LogP contribution in [0.1, 0.15) is 29.9 Å². The number of methoxy groups -OCH3 is 1. The molecule has 1 unspecified atom stereocenters. The number of carboxylic acid groups (broad SMARTS) is 1. The van der Waals surface area contributed by atoms with E-state index in [2.05, 4.69) is 23.7 Å². The number of likely N-dealkylation sites (N-methyl/N-ethyl adjacent to an activating group) is 1. The van der Waals surface area contributed by atoms with E-state index in [-0.39, 0.29) is 5.56 Å². The molecule has 5 nitrogen and oxygen atoms in total. The Kier molecular flexibility index (Phi) is 5.74. The number of ether oxygens (including phenoxy) is 1. The smallest absolute Gasteiger partial charge is 0.337 e. The molecule has 0 bridgehead atoms. The third-order valence-corrected chi connectivity index (χ3v) is 2.87. The first-order valence-corrected chi connectivity index (χ1v) is 5.99. The Labute approximate surface area is 107 Å². The molecule has 1 aromatic heterocycles. The second-order valence-corrected chi connectivity index (χ2v) is 4.21. The molecule has 5 heteroatoms. The van der Waals surface area contributed by atoms with Crippen molar-refractivity contribution in [1.82, 2.24) is 9.88 Å². The Morgan fingerprint density at radius 1 is 1.56 bits per heavy atom. The van der Waals surface area contributed by atoms with Crippen LogP contribution >= 0.6 is 0 Å². The minimum absolute atomic E-state index is 0.215. The standard InChI is InChI=1S/C13H20N2O3/c1-4-15(10(2)9-18-3)8-12-6-5-11(7-14-12)13(16)17/h5-7,10H,4,8-9H2,1-3H3,(H,16,17). The van der Waals surface area contributed by atoms with Crippen LogP contribution in [0, 0.1) is 0 Å². The highest BCUT2D eigenvalue weighted by Gasteiger charge is 2.13. The Morgan fingerprint density at radius 3 is 2.72 bits per heavy atom. The van der Waals surface area contributed by atoms with E-state index in [1.807, 2.05) is 0 Å². The molecule has 1 atom stereocenters. The maximum atomic E-state index is 10.7. The minimum Gasteiger partial charge on any atom is -0.478 e. The number of carboxylic acids is 1. The number of hydrogen-bond acceptors (Lipinski definition) is 4. The van der Waals surface area contributed by atoms with Gasteiger partial charge in [-0.2, -0.15) is 0 Å². The predicted octanol–water partition coefficient (Wildman–Crippen LogP) is 1.64. The number of pyridine rings is 1. The van der Waals surface area contributed by atoms with Crippen LogP contribution in [0.4, 0.5) is 0 Å². The lowest BCUT2D eigenvalue weighted by Gasteiger charge is -2.26. The summed E-state index contributed by atoms with van der Waals surface area (Å²) < 4.78 is 5.13. The summed E-state index contributed by atoms with van der Waals surface area (Å²) >= 11 is 0. The molecule has 0 saturated heterocycles. The summed E-state index contributed by atoms with van der Waals surface area (Å²) in [5, 5.41) is 8.80. The number of carbonyl (C=O) groups is 1. The van der Waals surface area contributed by atoms with E-state index in [4.69, 9.17) is 9.84 Å². The fourth-order valence-electron chi connectivity index (χ4n) is 1.78. The van der Waals surface area contributed by atoms with E-state index in [9.17, 15) is 4.79 Å². The second-order valence-electron chi connectivity index (χ2n) is 4.21. The molecular formula is C13H20N2O3. The fourth-order valence-corrected chi connectivity index (χ4v) is 1.78. The number of aromatic carboxylic acids is 1. The van der Waals surface area contributed by atoms with Gasteiger partial charge in [-0.3, -0.25) is 9.88 Å². The van der Waals surface area contributed by atoms with Gasteiger partial charge >= 0.3 is 5.97 Å². The fraction of sp³-hybridized carbons (Fsp3) is 0.538. The van der Waals surface area contributed by atoms with Crippen molar-refractivity contribution in [3.8, 4) is 0 Å². The van der Waals surface area contributed by atoms with E-state index in [1.165, 1.54) is 6.20 Å². The van der Waals surface area contributed by atoms with Gasteiger partial charge in [-0.25, -0.2) is 4.79 Å². The van der Waals surface area contributed by atoms with Gasteiger partial charge < -0.3 is 9.84 Å². The summed E-state index contributed by atoms with van der Waals surface area (Å²) in [6.07, 6.45) is 1.40. The molecule has 0 aromatic carbocycles. The molecule has 0 aliphatic heterocycles. The van der Waals surface area contributed by atoms with Gasteiger partial charge in [-0.05, 0) is 25.6 Å². The Balaban J connectivity index is 2.67. The van der Waals surface area contributed by atoms with E-state index < -0.39 is 5.97 Å². The normalized spacial score (nSPS) is 12.7. The van der Waals surface area contributed by atoms with Crippen LogP contribution < -0.4 is 0 Å². The monoisotopic (exact) mass is 252 g/mol. The van der Waals surface area contributed by atoms with Crippen molar-refractivity contribution in [3.05, 3.63) is 29.6 Å². The lowest BCUT2D eigenvalue weighted by Crippen LogP contribution is -2.35. The SMILES string of the molecule is CCN(Cc1ccc(C(=O)O)cn1)C(C)COC. The van der Waals surface area contributed by atoms with Crippen LogP contribution in [-0.4, -0.2) is 47.3 Å². The molecule has 0 spiro atoms. The van der Waals surface area contributed by atoms with E-state index in [1.54, 1.807) is 19.2 Å². The molecule has 0 amide bonds. The quantitative estimate of drug-likeness (QED) is 0.799. The summed E-state index contributed by atoms with van der Waals surface area (Å²) in [7, 11) is 1.68.